The van der Waals surface area contributed by atoms with Crippen LogP contribution in [-0.4, -0.2) is 49.4 Å². The molecular formula is C33H28O8. The number of carbonyl (C=O) groups excluding carboxylic acids is 3. The molecule has 4 aromatic carbocycles. The van der Waals surface area contributed by atoms with E-state index in [4.69, 9.17) is 23.7 Å². The molecule has 208 valence electrons. The molecule has 1 heterocycles. The Morgan fingerprint density at radius 3 is 1.71 bits per heavy atom. The average Bonchev–Trinajstić information content (AvgIpc) is 3.04. The Kier molecular flexibility index (Phi) is 9.15. The molecule has 0 aliphatic carbocycles. The van der Waals surface area contributed by atoms with E-state index in [1.165, 1.54) is 0 Å². The Morgan fingerprint density at radius 2 is 1.15 bits per heavy atom. The van der Waals surface area contributed by atoms with Gasteiger partial charge in [0.2, 0.25) is 0 Å². The van der Waals surface area contributed by atoms with Crippen molar-refractivity contribution in [1.29, 1.82) is 0 Å². The van der Waals surface area contributed by atoms with Gasteiger partial charge in [0.05, 0.1) is 23.3 Å². The lowest BCUT2D eigenvalue weighted by atomic mass is 10.1. The fraction of sp³-hybridized carbons (Fsp3) is 0.182. The van der Waals surface area contributed by atoms with Crippen molar-refractivity contribution in [3.05, 3.63) is 144 Å². The van der Waals surface area contributed by atoms with Crippen molar-refractivity contribution < 1.29 is 38.1 Å². The summed E-state index contributed by atoms with van der Waals surface area (Å²) in [6.45, 7) is -0.396. The third kappa shape index (κ3) is 7.25. The predicted molar refractivity (Wildman–Crippen MR) is 148 cm³/mol. The number of hydrogen-bond donors (Lipinski definition) is 0. The highest BCUT2D eigenvalue weighted by Gasteiger charge is 2.43. The molecule has 8 heteroatoms. The number of ether oxygens (including phenoxy) is 5. The van der Waals surface area contributed by atoms with E-state index in [0.29, 0.717) is 16.7 Å². The van der Waals surface area contributed by atoms with Crippen LogP contribution in [0.5, 0.6) is 0 Å². The summed E-state index contributed by atoms with van der Waals surface area (Å²) in [5, 5.41) is 0. The first-order valence-electron chi connectivity index (χ1n) is 13.1. The summed E-state index contributed by atoms with van der Waals surface area (Å²) in [7, 11) is 0. The largest absolute Gasteiger partial charge is 0.458 e. The lowest BCUT2D eigenvalue weighted by Gasteiger charge is -2.39. The van der Waals surface area contributed by atoms with Gasteiger partial charge in [0.25, 0.3) is 0 Å². The van der Waals surface area contributed by atoms with Crippen LogP contribution >= 0.6 is 0 Å². The zero-order chi connectivity index (χ0) is 28.4. The molecule has 0 radical (unpaired) electrons. The first-order valence-corrected chi connectivity index (χ1v) is 13.1. The molecule has 0 unspecified atom stereocenters. The van der Waals surface area contributed by atoms with Gasteiger partial charge in [-0.3, -0.25) is 0 Å². The average molecular weight is 553 g/mol. The van der Waals surface area contributed by atoms with E-state index in [-0.39, 0.29) is 13.2 Å². The van der Waals surface area contributed by atoms with Crippen molar-refractivity contribution in [2.45, 2.75) is 24.6 Å². The number of carbonyl (C=O) groups is 3. The maximum atomic E-state index is 13.2. The third-order valence-corrected chi connectivity index (χ3v) is 6.42. The van der Waals surface area contributed by atoms with Crippen molar-refractivity contribution in [2.24, 2.45) is 0 Å². The van der Waals surface area contributed by atoms with Crippen LogP contribution in [0.1, 0.15) is 42.9 Å². The van der Waals surface area contributed by atoms with Gasteiger partial charge in [0, 0.05) is 5.56 Å². The highest BCUT2D eigenvalue weighted by atomic mass is 16.7. The molecule has 5 rings (SSSR count). The minimum absolute atomic E-state index is 0.0468. The van der Waals surface area contributed by atoms with Crippen molar-refractivity contribution in [3.63, 3.8) is 0 Å². The fourth-order valence-corrected chi connectivity index (χ4v) is 4.33. The smallest absolute Gasteiger partial charge is 0.338 e. The summed E-state index contributed by atoms with van der Waals surface area (Å²) >= 11 is 0. The molecule has 0 saturated carbocycles. The van der Waals surface area contributed by atoms with Crippen molar-refractivity contribution >= 4 is 17.9 Å². The van der Waals surface area contributed by atoms with E-state index >= 15 is 0 Å². The molecule has 1 aliphatic heterocycles. The second kappa shape index (κ2) is 13.5. The van der Waals surface area contributed by atoms with Crippen molar-refractivity contribution in [3.8, 4) is 0 Å². The summed E-state index contributed by atoms with van der Waals surface area (Å²) in [6, 6.07) is 34.6. The molecule has 8 nitrogen and oxygen atoms in total. The van der Waals surface area contributed by atoms with Gasteiger partial charge in [-0.1, -0.05) is 84.9 Å². The molecule has 4 atom stereocenters. The Hall–Kier alpha value is -4.79. The van der Waals surface area contributed by atoms with Gasteiger partial charge in [0.15, 0.2) is 18.5 Å². The van der Waals surface area contributed by atoms with Gasteiger partial charge in [-0.05, 0) is 36.4 Å². The maximum Gasteiger partial charge on any atom is 0.338 e. The van der Waals surface area contributed by atoms with Gasteiger partial charge in [-0.25, -0.2) is 14.4 Å². The van der Waals surface area contributed by atoms with Crippen LogP contribution < -0.4 is 0 Å². The zero-order valence-electron chi connectivity index (χ0n) is 22.0. The summed E-state index contributed by atoms with van der Waals surface area (Å²) in [6.07, 6.45) is -3.99. The molecule has 0 spiro atoms. The second-order valence-corrected chi connectivity index (χ2v) is 9.26. The molecule has 0 N–H and O–H groups in total. The van der Waals surface area contributed by atoms with Crippen molar-refractivity contribution in [2.75, 3.05) is 13.2 Å². The predicted octanol–water partition coefficient (Wildman–Crippen LogP) is 5.41. The highest BCUT2D eigenvalue weighted by Crippen LogP contribution is 2.31. The lowest BCUT2D eigenvalue weighted by molar-refractivity contribution is -0.276. The van der Waals surface area contributed by atoms with Crippen LogP contribution in [0.2, 0.25) is 0 Å². The summed E-state index contributed by atoms with van der Waals surface area (Å²) in [4.78, 5) is 39.0. The normalized spacial score (nSPS) is 19.0. The Balaban J connectivity index is 1.43. The zero-order valence-corrected chi connectivity index (χ0v) is 22.0. The van der Waals surface area contributed by atoms with Crippen LogP contribution in [0.15, 0.2) is 121 Å². The molecule has 1 fully saturated rings. The molecule has 0 bridgehead atoms. The molecule has 0 amide bonds. The standard InChI is InChI=1S/C33H28O8/c34-30(23-13-5-1-6-14-23)37-21-27(39-31(35)24-15-7-2-8-16-24)29-28(40-32(36)25-17-9-3-10-18-25)22-38-33(41-29)26-19-11-4-12-20-26/h1-20,27-29,33H,21-22H2/t27-,28-,29-,33-/m0/s1. The van der Waals surface area contributed by atoms with E-state index in [0.717, 1.165) is 5.56 Å². The molecule has 4 aromatic rings. The van der Waals surface area contributed by atoms with Crippen LogP contribution in [0, 0.1) is 0 Å². The SMILES string of the molecule is O=C(OC[C@H](OC(=O)c1ccccc1)[C@@H]1O[C@@H](c2ccccc2)OC[C@@H]1OC(=O)c1ccccc1)c1ccccc1. The van der Waals surface area contributed by atoms with Crippen LogP contribution in [0.25, 0.3) is 0 Å². The molecular weight excluding hydrogens is 524 g/mol. The van der Waals surface area contributed by atoms with Gasteiger partial charge >= 0.3 is 17.9 Å². The third-order valence-electron chi connectivity index (χ3n) is 6.42. The Morgan fingerprint density at radius 1 is 0.659 bits per heavy atom. The van der Waals surface area contributed by atoms with Gasteiger partial charge < -0.3 is 23.7 Å². The Labute approximate surface area is 237 Å². The van der Waals surface area contributed by atoms with E-state index in [2.05, 4.69) is 0 Å². The van der Waals surface area contributed by atoms with Gasteiger partial charge in [0.1, 0.15) is 12.7 Å². The number of hydrogen-bond acceptors (Lipinski definition) is 8. The molecule has 1 aliphatic rings. The van der Waals surface area contributed by atoms with Crippen LogP contribution in [-0.2, 0) is 23.7 Å². The van der Waals surface area contributed by atoms with Crippen molar-refractivity contribution in [1.82, 2.24) is 0 Å². The monoisotopic (exact) mass is 552 g/mol. The van der Waals surface area contributed by atoms with Crippen LogP contribution in [0.3, 0.4) is 0 Å². The topological polar surface area (TPSA) is 97.4 Å². The second-order valence-electron chi connectivity index (χ2n) is 9.26. The minimum Gasteiger partial charge on any atom is -0.458 e. The summed E-state index contributed by atoms with van der Waals surface area (Å²) in [5.41, 5.74) is 1.70. The number of benzene rings is 4. The summed E-state index contributed by atoms with van der Waals surface area (Å²) in [5.74, 6) is -1.85. The molecule has 0 aromatic heterocycles. The number of rotatable bonds is 9. The van der Waals surface area contributed by atoms with Gasteiger partial charge in [-0.15, -0.1) is 0 Å². The van der Waals surface area contributed by atoms with E-state index in [1.54, 1.807) is 91.0 Å². The fourth-order valence-electron chi connectivity index (χ4n) is 4.33. The first-order chi connectivity index (χ1) is 20.1. The lowest BCUT2D eigenvalue weighted by Crippen LogP contribution is -2.52. The summed E-state index contributed by atoms with van der Waals surface area (Å²) < 4.78 is 29.5. The molecule has 1 saturated heterocycles. The Bertz CT molecular complexity index is 1430. The van der Waals surface area contributed by atoms with Gasteiger partial charge in [-0.2, -0.15) is 0 Å². The minimum atomic E-state index is -1.14. The number of esters is 3. The van der Waals surface area contributed by atoms with Crippen LogP contribution in [0.4, 0.5) is 0 Å². The quantitative estimate of drug-likeness (QED) is 0.201. The van der Waals surface area contributed by atoms with E-state index < -0.39 is 42.5 Å². The maximum absolute atomic E-state index is 13.2. The van der Waals surface area contributed by atoms with E-state index in [1.807, 2.05) is 30.3 Å². The van der Waals surface area contributed by atoms with E-state index in [9.17, 15) is 14.4 Å². The molecule has 41 heavy (non-hydrogen) atoms. The highest BCUT2D eigenvalue weighted by molar-refractivity contribution is 5.90. The first kappa shape index (κ1) is 27.8.